The van der Waals surface area contributed by atoms with Crippen molar-refractivity contribution in [1.82, 2.24) is 5.32 Å². The van der Waals surface area contributed by atoms with E-state index in [4.69, 9.17) is 18.9 Å². The first-order chi connectivity index (χ1) is 35.2. The fourth-order valence-corrected chi connectivity index (χ4v) is 10.4. The average molecular weight is 1020 g/mol. The van der Waals surface area contributed by atoms with Crippen molar-refractivity contribution >= 4 is 35.6 Å². The molecule has 2 aromatic rings. The average Bonchev–Trinajstić information content (AvgIpc) is 3.39. The monoisotopic (exact) mass is 1020 g/mol. The topological polar surface area (TPSA) is 158 Å². The van der Waals surface area contributed by atoms with E-state index in [9.17, 15) is 29.4 Å². The number of aliphatic hydroxyl groups excluding tert-OH is 2. The number of aliphatic hydroxyl groups is 2. The molecule has 3 N–H and O–H groups in total. The van der Waals surface area contributed by atoms with Gasteiger partial charge in [-0.1, -0.05) is 229 Å². The quantitative estimate of drug-likeness (QED) is 0.0252. The summed E-state index contributed by atoms with van der Waals surface area (Å²) in [5, 5.41) is 24.7. The molecule has 1 aliphatic rings. The van der Waals surface area contributed by atoms with Gasteiger partial charge in [-0.2, -0.15) is 0 Å². The SMILES string of the molecule is CCCCCCCCCCCCC/C=C/[C@@H](OC(=O)CCC(=O)OCC1O[C@@H](Sc2ccccc2)C(OC(=O)c2ccccc2)[C@@H](C)[C@@H]1O)[C@H](CO)NC(=O)CCCCCCCCCCCCCCCCC. The predicted octanol–water partition coefficient (Wildman–Crippen LogP) is 14.0. The van der Waals surface area contributed by atoms with Gasteiger partial charge in [-0.3, -0.25) is 14.4 Å². The summed E-state index contributed by atoms with van der Waals surface area (Å²) in [6.07, 6.45) is 32.6. The number of rotatable bonds is 42. The number of hydrogen-bond donors (Lipinski definition) is 3. The summed E-state index contributed by atoms with van der Waals surface area (Å²) in [7, 11) is 0. The maximum absolute atomic E-state index is 13.3. The molecule has 11 nitrogen and oxygen atoms in total. The lowest BCUT2D eigenvalue weighted by Crippen LogP contribution is -2.55. The van der Waals surface area contributed by atoms with E-state index in [1.54, 1.807) is 37.3 Å². The number of hydrogen-bond acceptors (Lipinski definition) is 11. The molecule has 1 saturated heterocycles. The summed E-state index contributed by atoms with van der Waals surface area (Å²) in [5.74, 6) is -2.66. The summed E-state index contributed by atoms with van der Waals surface area (Å²) in [4.78, 5) is 53.5. The van der Waals surface area contributed by atoms with E-state index in [0.717, 1.165) is 43.4 Å². The first kappa shape index (κ1) is 62.6. The van der Waals surface area contributed by atoms with Crippen LogP contribution in [0.3, 0.4) is 0 Å². The number of unbranched alkanes of at least 4 members (excludes halogenated alkanes) is 25. The maximum atomic E-state index is 13.3. The smallest absolute Gasteiger partial charge is 0.338 e. The summed E-state index contributed by atoms with van der Waals surface area (Å²) in [6, 6.07) is 17.3. The van der Waals surface area contributed by atoms with Crippen LogP contribution in [0.25, 0.3) is 0 Å². The number of carbonyl (C=O) groups excluding carboxylic acids is 4. The second-order valence-corrected chi connectivity index (χ2v) is 21.2. The van der Waals surface area contributed by atoms with Crippen molar-refractivity contribution in [3.05, 3.63) is 78.4 Å². The number of nitrogens with one attached hydrogen (secondary N) is 1. The fraction of sp³-hybridized carbons (Fsp3) is 0.700. The summed E-state index contributed by atoms with van der Waals surface area (Å²) >= 11 is 1.35. The molecule has 0 aromatic heterocycles. The fourth-order valence-electron chi connectivity index (χ4n) is 9.15. The lowest BCUT2D eigenvalue weighted by molar-refractivity contribution is -0.188. The lowest BCUT2D eigenvalue weighted by Gasteiger charge is -2.42. The van der Waals surface area contributed by atoms with E-state index in [2.05, 4.69) is 19.2 Å². The van der Waals surface area contributed by atoms with Crippen LogP contribution in [-0.4, -0.2) is 83.1 Å². The van der Waals surface area contributed by atoms with Crippen molar-refractivity contribution in [3.8, 4) is 0 Å². The van der Waals surface area contributed by atoms with Crippen LogP contribution in [0.1, 0.15) is 224 Å². The van der Waals surface area contributed by atoms with Gasteiger partial charge in [0.25, 0.3) is 0 Å². The van der Waals surface area contributed by atoms with Gasteiger partial charge in [0.15, 0.2) is 0 Å². The van der Waals surface area contributed by atoms with Crippen LogP contribution in [0, 0.1) is 5.92 Å². The highest BCUT2D eigenvalue weighted by atomic mass is 32.2. The van der Waals surface area contributed by atoms with Gasteiger partial charge in [0, 0.05) is 17.2 Å². The third-order valence-corrected chi connectivity index (χ3v) is 14.9. The van der Waals surface area contributed by atoms with Crippen molar-refractivity contribution in [1.29, 1.82) is 0 Å². The second-order valence-electron chi connectivity index (χ2n) is 20.0. The minimum absolute atomic E-state index is 0.196. The van der Waals surface area contributed by atoms with Gasteiger partial charge in [0.2, 0.25) is 5.91 Å². The Labute approximate surface area is 439 Å². The van der Waals surface area contributed by atoms with Crippen molar-refractivity contribution in [2.75, 3.05) is 13.2 Å². The van der Waals surface area contributed by atoms with Gasteiger partial charge >= 0.3 is 17.9 Å². The Kier molecular flexibility index (Phi) is 35.3. The minimum atomic E-state index is -1.13. The number of allylic oxidation sites excluding steroid dienone is 1. The molecule has 1 heterocycles. The normalized spacial score (nSPS) is 18.7. The summed E-state index contributed by atoms with van der Waals surface area (Å²) in [6.45, 7) is 5.56. The van der Waals surface area contributed by atoms with Crippen LogP contribution in [-0.2, 0) is 33.3 Å². The number of amides is 1. The molecule has 406 valence electrons. The molecule has 3 rings (SSSR count). The van der Waals surface area contributed by atoms with E-state index >= 15 is 0 Å². The molecule has 0 saturated carbocycles. The number of esters is 3. The Balaban J connectivity index is 1.48. The van der Waals surface area contributed by atoms with E-state index in [0.29, 0.717) is 12.0 Å². The molecule has 0 aliphatic carbocycles. The third kappa shape index (κ3) is 28.1. The molecule has 1 fully saturated rings. The first-order valence-corrected chi connectivity index (χ1v) is 29.3. The van der Waals surface area contributed by atoms with Crippen molar-refractivity contribution in [3.63, 3.8) is 0 Å². The molecule has 2 aromatic carbocycles. The standard InChI is InChI=1S/C60H95NO10S/c1-4-6-8-10-12-14-16-18-19-21-23-25-27-29-37-43-54(63)61-51(46-62)52(42-36-28-26-24-22-20-17-15-13-11-9-7-5-2)69-56(65)45-44-55(64)68-47-53-57(66)48(3)58(71-59(67)49-38-32-30-33-39-49)60(70-53)72-50-40-34-31-35-41-50/h30-36,38-42,48,51-53,57-58,60,62,66H,4-29,37,43-47H2,1-3H3,(H,61,63)/b42-36+/t48-,51-,52+,53?,57-,58?,60-/m0/s1. The van der Waals surface area contributed by atoms with Crippen LogP contribution in [0.4, 0.5) is 0 Å². The van der Waals surface area contributed by atoms with Crippen LogP contribution >= 0.6 is 11.8 Å². The van der Waals surface area contributed by atoms with Crippen molar-refractivity contribution < 1.29 is 48.3 Å². The Bertz CT molecular complexity index is 1730. The molecular formula is C60H95NO10S. The van der Waals surface area contributed by atoms with E-state index in [1.807, 2.05) is 42.5 Å². The van der Waals surface area contributed by atoms with E-state index < -0.39 is 66.3 Å². The van der Waals surface area contributed by atoms with Gasteiger partial charge in [-0.05, 0) is 49.6 Å². The second kappa shape index (κ2) is 40.6. The van der Waals surface area contributed by atoms with E-state index in [1.165, 1.54) is 147 Å². The highest BCUT2D eigenvalue weighted by Gasteiger charge is 2.46. The molecule has 1 aliphatic heterocycles. The van der Waals surface area contributed by atoms with Gasteiger partial charge in [0.05, 0.1) is 37.2 Å². The number of benzene rings is 2. The number of thioether (sulfide) groups is 1. The zero-order valence-electron chi connectivity index (χ0n) is 44.7. The Morgan fingerprint density at radius 3 is 1.67 bits per heavy atom. The Hall–Kier alpha value is -3.71. The Morgan fingerprint density at radius 2 is 1.14 bits per heavy atom. The molecule has 0 bridgehead atoms. The van der Waals surface area contributed by atoms with Crippen molar-refractivity contribution in [2.45, 2.75) is 254 Å². The molecule has 7 atom stereocenters. The van der Waals surface area contributed by atoms with Gasteiger partial charge < -0.3 is 34.5 Å². The maximum Gasteiger partial charge on any atom is 0.338 e. The zero-order valence-corrected chi connectivity index (χ0v) is 45.5. The summed E-state index contributed by atoms with van der Waals surface area (Å²) in [5.41, 5.74) is -0.345. The van der Waals surface area contributed by atoms with Gasteiger partial charge in [-0.25, -0.2) is 4.79 Å². The first-order valence-electron chi connectivity index (χ1n) is 28.4. The number of carbonyl (C=O) groups is 4. The molecule has 1 amide bonds. The van der Waals surface area contributed by atoms with Crippen LogP contribution in [0.15, 0.2) is 77.7 Å². The van der Waals surface area contributed by atoms with Gasteiger partial charge in [-0.15, -0.1) is 0 Å². The molecule has 72 heavy (non-hydrogen) atoms. The molecule has 0 radical (unpaired) electrons. The molecule has 12 heteroatoms. The third-order valence-electron chi connectivity index (χ3n) is 13.7. The molecule has 0 spiro atoms. The minimum Gasteiger partial charge on any atom is -0.463 e. The lowest BCUT2D eigenvalue weighted by atomic mass is 9.91. The highest BCUT2D eigenvalue weighted by molar-refractivity contribution is 7.99. The highest BCUT2D eigenvalue weighted by Crippen LogP contribution is 2.38. The largest absolute Gasteiger partial charge is 0.463 e. The molecule has 2 unspecified atom stereocenters. The zero-order chi connectivity index (χ0) is 51.9. The predicted molar refractivity (Wildman–Crippen MR) is 291 cm³/mol. The Morgan fingerprint density at radius 1 is 0.653 bits per heavy atom. The van der Waals surface area contributed by atoms with Crippen LogP contribution < -0.4 is 5.32 Å². The van der Waals surface area contributed by atoms with Crippen LogP contribution in [0.5, 0.6) is 0 Å². The van der Waals surface area contributed by atoms with E-state index in [-0.39, 0.29) is 25.4 Å². The molecular weight excluding hydrogens is 927 g/mol. The van der Waals surface area contributed by atoms with Crippen LogP contribution in [0.2, 0.25) is 0 Å². The van der Waals surface area contributed by atoms with Crippen molar-refractivity contribution in [2.24, 2.45) is 5.92 Å². The summed E-state index contributed by atoms with van der Waals surface area (Å²) < 4.78 is 23.6. The number of ether oxygens (including phenoxy) is 4. The van der Waals surface area contributed by atoms with Gasteiger partial charge in [0.1, 0.15) is 30.4 Å².